The van der Waals surface area contributed by atoms with E-state index in [-0.39, 0.29) is 11.7 Å². The number of halogens is 1. The van der Waals surface area contributed by atoms with Gasteiger partial charge in [-0.1, -0.05) is 0 Å². The van der Waals surface area contributed by atoms with E-state index in [9.17, 15) is 9.18 Å². The normalized spacial score (nSPS) is 21.2. The van der Waals surface area contributed by atoms with Gasteiger partial charge in [0.15, 0.2) is 0 Å². The van der Waals surface area contributed by atoms with E-state index in [4.69, 9.17) is 4.74 Å². The summed E-state index contributed by atoms with van der Waals surface area (Å²) in [5, 5.41) is 0. The number of carbonyl (C=O) groups excluding carboxylic acids is 1. The topological polar surface area (TPSA) is 32.8 Å². The van der Waals surface area contributed by atoms with E-state index in [0.29, 0.717) is 5.56 Å². The van der Waals surface area contributed by atoms with Crippen molar-refractivity contribution >= 4 is 5.91 Å². The molecule has 0 spiro atoms. The van der Waals surface area contributed by atoms with Crippen LogP contribution < -0.4 is 0 Å². The standard InChI is InChI=1S/C18H25FN2O2/c19-17-4-2-16(3-5-17)18(22)21-9-1-8-20(10-11-21)14-15-6-12-23-13-7-15/h2-5,15H,1,6-14H2. The summed E-state index contributed by atoms with van der Waals surface area (Å²) in [4.78, 5) is 16.9. The second kappa shape index (κ2) is 7.88. The van der Waals surface area contributed by atoms with Crippen molar-refractivity contribution < 1.29 is 13.9 Å². The van der Waals surface area contributed by atoms with Crippen LogP contribution in [0.25, 0.3) is 0 Å². The highest BCUT2D eigenvalue weighted by Crippen LogP contribution is 2.17. The number of nitrogens with zero attached hydrogens (tertiary/aromatic N) is 2. The molecule has 23 heavy (non-hydrogen) atoms. The molecule has 2 saturated heterocycles. The molecule has 5 heteroatoms. The lowest BCUT2D eigenvalue weighted by molar-refractivity contribution is 0.0528. The van der Waals surface area contributed by atoms with E-state index in [1.165, 1.54) is 12.1 Å². The van der Waals surface area contributed by atoms with Crippen molar-refractivity contribution in [1.82, 2.24) is 9.80 Å². The Morgan fingerprint density at radius 3 is 2.57 bits per heavy atom. The number of benzene rings is 1. The molecule has 0 saturated carbocycles. The van der Waals surface area contributed by atoms with Gasteiger partial charge in [0.05, 0.1) is 0 Å². The zero-order valence-corrected chi connectivity index (χ0v) is 13.5. The molecule has 0 aromatic heterocycles. The molecule has 0 atom stereocenters. The van der Waals surface area contributed by atoms with Crippen LogP contribution in [0.4, 0.5) is 4.39 Å². The fourth-order valence-electron chi connectivity index (χ4n) is 3.43. The SMILES string of the molecule is O=C(c1ccc(F)cc1)N1CCCN(CC2CCOCC2)CC1. The van der Waals surface area contributed by atoms with Gasteiger partial charge in [-0.15, -0.1) is 0 Å². The van der Waals surface area contributed by atoms with Crippen LogP contribution in [-0.2, 0) is 4.74 Å². The van der Waals surface area contributed by atoms with Gasteiger partial charge in [0.1, 0.15) is 5.82 Å². The first-order valence-electron chi connectivity index (χ1n) is 8.57. The summed E-state index contributed by atoms with van der Waals surface area (Å²) in [6.07, 6.45) is 3.29. The molecule has 2 aliphatic rings. The van der Waals surface area contributed by atoms with Gasteiger partial charge in [0.2, 0.25) is 0 Å². The second-order valence-corrected chi connectivity index (χ2v) is 6.51. The van der Waals surface area contributed by atoms with Gasteiger partial charge in [-0.05, 0) is 56.0 Å². The Balaban J connectivity index is 1.53. The summed E-state index contributed by atoms with van der Waals surface area (Å²) in [5.74, 6) is 0.432. The Kier molecular flexibility index (Phi) is 5.62. The van der Waals surface area contributed by atoms with Crippen LogP contribution in [0.5, 0.6) is 0 Å². The number of ether oxygens (including phenoxy) is 1. The molecule has 0 bridgehead atoms. The van der Waals surface area contributed by atoms with Crippen LogP contribution in [0.3, 0.4) is 0 Å². The van der Waals surface area contributed by atoms with Crippen molar-refractivity contribution in [2.75, 3.05) is 45.9 Å². The lowest BCUT2D eigenvalue weighted by Crippen LogP contribution is -2.37. The molecule has 0 N–H and O–H groups in total. The Labute approximate surface area is 137 Å². The highest BCUT2D eigenvalue weighted by Gasteiger charge is 2.23. The minimum absolute atomic E-state index is 0.0120. The number of hydrogen-bond donors (Lipinski definition) is 0. The quantitative estimate of drug-likeness (QED) is 0.857. The maximum Gasteiger partial charge on any atom is 0.253 e. The second-order valence-electron chi connectivity index (χ2n) is 6.51. The molecule has 2 fully saturated rings. The molecule has 126 valence electrons. The lowest BCUT2D eigenvalue weighted by atomic mass is 10.00. The van der Waals surface area contributed by atoms with Gasteiger partial charge in [-0.25, -0.2) is 4.39 Å². The zero-order valence-electron chi connectivity index (χ0n) is 13.5. The van der Waals surface area contributed by atoms with Crippen LogP contribution in [0.1, 0.15) is 29.6 Å². The molecule has 0 aliphatic carbocycles. The third kappa shape index (κ3) is 4.52. The van der Waals surface area contributed by atoms with Gasteiger partial charge >= 0.3 is 0 Å². The predicted molar refractivity (Wildman–Crippen MR) is 86.9 cm³/mol. The summed E-state index contributed by atoms with van der Waals surface area (Å²) < 4.78 is 18.4. The van der Waals surface area contributed by atoms with Crippen LogP contribution in [-0.4, -0.2) is 61.6 Å². The molecule has 1 aromatic rings. The van der Waals surface area contributed by atoms with E-state index < -0.39 is 0 Å². The number of rotatable bonds is 3. The lowest BCUT2D eigenvalue weighted by Gasteiger charge is -2.28. The summed E-state index contributed by atoms with van der Waals surface area (Å²) >= 11 is 0. The summed E-state index contributed by atoms with van der Waals surface area (Å²) in [7, 11) is 0. The molecule has 0 radical (unpaired) electrons. The molecule has 1 amide bonds. The Hall–Kier alpha value is -1.46. The highest BCUT2D eigenvalue weighted by molar-refractivity contribution is 5.94. The Morgan fingerprint density at radius 2 is 1.83 bits per heavy atom. The van der Waals surface area contributed by atoms with E-state index in [0.717, 1.165) is 71.1 Å². The monoisotopic (exact) mass is 320 g/mol. The van der Waals surface area contributed by atoms with Crippen molar-refractivity contribution in [3.05, 3.63) is 35.6 Å². The van der Waals surface area contributed by atoms with Gasteiger partial charge in [0, 0.05) is 45.0 Å². The summed E-state index contributed by atoms with van der Waals surface area (Å²) in [6, 6.07) is 5.84. The average molecular weight is 320 g/mol. The molecular weight excluding hydrogens is 295 g/mol. The first-order chi connectivity index (χ1) is 11.2. The van der Waals surface area contributed by atoms with Crippen molar-refractivity contribution in [3.63, 3.8) is 0 Å². The molecule has 3 rings (SSSR count). The predicted octanol–water partition coefficient (Wildman–Crippen LogP) is 2.40. The van der Waals surface area contributed by atoms with Crippen molar-refractivity contribution in [1.29, 1.82) is 0 Å². The van der Waals surface area contributed by atoms with Crippen LogP contribution >= 0.6 is 0 Å². The first-order valence-corrected chi connectivity index (χ1v) is 8.57. The molecule has 0 unspecified atom stereocenters. The van der Waals surface area contributed by atoms with Gasteiger partial charge in [-0.3, -0.25) is 4.79 Å². The fraction of sp³-hybridized carbons (Fsp3) is 0.611. The highest BCUT2D eigenvalue weighted by atomic mass is 19.1. The maximum atomic E-state index is 13.0. The van der Waals surface area contributed by atoms with Gasteiger partial charge in [0.25, 0.3) is 5.91 Å². The van der Waals surface area contributed by atoms with Crippen LogP contribution in [0.15, 0.2) is 24.3 Å². The van der Waals surface area contributed by atoms with Gasteiger partial charge < -0.3 is 14.5 Å². The Bertz CT molecular complexity index is 514. The summed E-state index contributed by atoms with van der Waals surface area (Å²) in [6.45, 7) is 6.37. The third-order valence-electron chi connectivity index (χ3n) is 4.82. The fourth-order valence-corrected chi connectivity index (χ4v) is 3.43. The molecule has 4 nitrogen and oxygen atoms in total. The van der Waals surface area contributed by atoms with E-state index in [2.05, 4.69) is 4.90 Å². The maximum absolute atomic E-state index is 13.0. The summed E-state index contributed by atoms with van der Waals surface area (Å²) in [5.41, 5.74) is 0.573. The van der Waals surface area contributed by atoms with Crippen LogP contribution in [0.2, 0.25) is 0 Å². The number of hydrogen-bond acceptors (Lipinski definition) is 3. The third-order valence-corrected chi connectivity index (χ3v) is 4.82. The molecule has 2 heterocycles. The largest absolute Gasteiger partial charge is 0.381 e. The number of amides is 1. The van der Waals surface area contributed by atoms with Crippen molar-refractivity contribution in [2.24, 2.45) is 5.92 Å². The average Bonchev–Trinajstić information content (AvgIpc) is 2.81. The van der Waals surface area contributed by atoms with Crippen LogP contribution in [0, 0.1) is 11.7 Å². The zero-order chi connectivity index (χ0) is 16.1. The minimum Gasteiger partial charge on any atom is -0.381 e. The minimum atomic E-state index is -0.306. The van der Waals surface area contributed by atoms with E-state index >= 15 is 0 Å². The Morgan fingerprint density at radius 1 is 1.09 bits per heavy atom. The van der Waals surface area contributed by atoms with E-state index in [1.807, 2.05) is 4.90 Å². The van der Waals surface area contributed by atoms with Gasteiger partial charge in [-0.2, -0.15) is 0 Å². The first kappa shape index (κ1) is 16.4. The van der Waals surface area contributed by atoms with E-state index in [1.54, 1.807) is 12.1 Å². The van der Waals surface area contributed by atoms with Crippen molar-refractivity contribution in [3.8, 4) is 0 Å². The number of carbonyl (C=O) groups is 1. The molecule has 2 aliphatic heterocycles. The van der Waals surface area contributed by atoms with Crippen molar-refractivity contribution in [2.45, 2.75) is 19.3 Å². The molecular formula is C18H25FN2O2. The smallest absolute Gasteiger partial charge is 0.253 e. The molecule has 1 aromatic carbocycles.